The summed E-state index contributed by atoms with van der Waals surface area (Å²) in [6, 6.07) is 8.68. The quantitative estimate of drug-likeness (QED) is 0.606. The highest BCUT2D eigenvalue weighted by Gasteiger charge is 2.37. The van der Waals surface area contributed by atoms with Crippen LogP contribution in [0.4, 0.5) is 21.1 Å². The smallest absolute Gasteiger partial charge is 0.410 e. The van der Waals surface area contributed by atoms with E-state index in [-0.39, 0.29) is 12.5 Å². The second-order valence-corrected chi connectivity index (χ2v) is 10.2. The zero-order valence-electron chi connectivity index (χ0n) is 22.4. The number of ether oxygens (including phenoxy) is 2. The Kier molecular flexibility index (Phi) is 8.32. The Labute approximate surface area is 223 Å². The average Bonchev–Trinajstić information content (AvgIpc) is 2.88. The van der Waals surface area contributed by atoms with Crippen LogP contribution in [0.15, 0.2) is 24.3 Å². The first-order valence-electron chi connectivity index (χ1n) is 13.0. The van der Waals surface area contributed by atoms with E-state index in [2.05, 4.69) is 21.6 Å². The topological polar surface area (TPSA) is 133 Å². The number of hydrogen-bond acceptors (Lipinski definition) is 8. The Morgan fingerprint density at radius 1 is 1.16 bits per heavy atom. The summed E-state index contributed by atoms with van der Waals surface area (Å²) in [7, 11) is 0. The fourth-order valence-electron chi connectivity index (χ4n) is 4.58. The first-order chi connectivity index (χ1) is 18.2. The predicted octanol–water partition coefficient (Wildman–Crippen LogP) is 3.87. The molecule has 3 amide bonds. The van der Waals surface area contributed by atoms with Gasteiger partial charge in [-0.3, -0.25) is 4.90 Å². The number of nitrogens with zero attached hydrogens (tertiary/aromatic N) is 5. The molecule has 0 saturated carbocycles. The van der Waals surface area contributed by atoms with Gasteiger partial charge in [-0.1, -0.05) is 0 Å². The van der Waals surface area contributed by atoms with Crippen LogP contribution in [0.5, 0.6) is 0 Å². The molecule has 0 spiro atoms. The lowest BCUT2D eigenvalue weighted by Gasteiger charge is -2.38. The fourth-order valence-corrected chi connectivity index (χ4v) is 4.58. The summed E-state index contributed by atoms with van der Waals surface area (Å²) >= 11 is 0. The normalized spacial score (nSPS) is 17.3. The van der Waals surface area contributed by atoms with E-state index >= 15 is 0 Å². The van der Waals surface area contributed by atoms with Crippen molar-refractivity contribution in [2.75, 3.05) is 49.6 Å². The summed E-state index contributed by atoms with van der Waals surface area (Å²) in [5, 5.41) is 15.2. The van der Waals surface area contributed by atoms with Gasteiger partial charge >= 0.3 is 12.1 Å². The van der Waals surface area contributed by atoms with Crippen LogP contribution in [0.1, 0.15) is 51.4 Å². The second kappa shape index (κ2) is 11.6. The number of hydrogen-bond donors (Lipinski definition) is 2. The largest absolute Gasteiger partial charge is 0.444 e. The van der Waals surface area contributed by atoms with E-state index in [1.165, 1.54) is 0 Å². The summed E-state index contributed by atoms with van der Waals surface area (Å²) in [6.07, 6.45) is 0.178. The highest BCUT2D eigenvalue weighted by Crippen LogP contribution is 2.38. The van der Waals surface area contributed by atoms with Crippen LogP contribution in [0.3, 0.4) is 0 Å². The zero-order chi connectivity index (χ0) is 27.3. The molecule has 0 bridgehead atoms. The Morgan fingerprint density at radius 2 is 1.87 bits per heavy atom. The van der Waals surface area contributed by atoms with Crippen molar-refractivity contribution in [3.8, 4) is 17.5 Å². The molecule has 0 radical (unpaired) electrons. The summed E-state index contributed by atoms with van der Waals surface area (Å²) < 4.78 is 11.2. The summed E-state index contributed by atoms with van der Waals surface area (Å²) in [5.41, 5.74) is 2.36. The molecule has 202 valence electrons. The first kappa shape index (κ1) is 27.1. The van der Waals surface area contributed by atoms with Crippen LogP contribution in [-0.4, -0.2) is 72.0 Å². The number of fused-ring (bicyclic) bond motifs is 1. The molecule has 11 nitrogen and oxygen atoms in total. The third-order valence-electron chi connectivity index (χ3n) is 6.27. The molecule has 1 saturated heterocycles. The van der Waals surface area contributed by atoms with Gasteiger partial charge in [-0.25, -0.2) is 19.6 Å². The van der Waals surface area contributed by atoms with Crippen molar-refractivity contribution in [3.05, 3.63) is 35.5 Å². The molecule has 38 heavy (non-hydrogen) atoms. The first-order valence-corrected chi connectivity index (χ1v) is 13.0. The molecule has 1 aromatic carbocycles. The van der Waals surface area contributed by atoms with Gasteiger partial charge in [-0.15, -0.1) is 0 Å². The molecule has 2 aromatic rings. The molecule has 2 aliphatic rings. The van der Waals surface area contributed by atoms with Crippen molar-refractivity contribution in [1.29, 1.82) is 5.26 Å². The van der Waals surface area contributed by atoms with Gasteiger partial charge in [0.1, 0.15) is 11.4 Å². The molecule has 0 aliphatic carbocycles. The molecule has 2 N–H and O–H groups in total. The van der Waals surface area contributed by atoms with Crippen LogP contribution in [-0.2, 0) is 15.9 Å². The average molecular weight is 522 g/mol. The lowest BCUT2D eigenvalue weighted by Crippen LogP contribution is -2.45. The predicted molar refractivity (Wildman–Crippen MR) is 143 cm³/mol. The lowest BCUT2D eigenvalue weighted by molar-refractivity contribution is 0.0140. The summed E-state index contributed by atoms with van der Waals surface area (Å²) in [5.74, 6) is 1.30. The van der Waals surface area contributed by atoms with E-state index in [4.69, 9.17) is 19.4 Å². The molecular weight excluding hydrogens is 486 g/mol. The van der Waals surface area contributed by atoms with Crippen molar-refractivity contribution >= 4 is 23.6 Å². The van der Waals surface area contributed by atoms with Crippen molar-refractivity contribution in [1.82, 2.24) is 20.2 Å². The molecule has 2 aliphatic heterocycles. The van der Waals surface area contributed by atoms with Gasteiger partial charge < -0.3 is 25.0 Å². The molecule has 1 atom stereocenters. The molecule has 1 unspecified atom stereocenters. The Balaban J connectivity index is 1.75. The molecule has 1 fully saturated rings. The van der Waals surface area contributed by atoms with Crippen molar-refractivity contribution in [2.24, 2.45) is 0 Å². The number of urea groups is 1. The van der Waals surface area contributed by atoms with E-state index in [0.29, 0.717) is 63.0 Å². The third kappa shape index (κ3) is 6.31. The van der Waals surface area contributed by atoms with Gasteiger partial charge in [0.25, 0.3) is 0 Å². The second-order valence-electron chi connectivity index (χ2n) is 10.2. The Bertz CT molecular complexity index is 1200. The fraction of sp³-hybridized carbons (Fsp3) is 0.519. The Morgan fingerprint density at radius 3 is 2.50 bits per heavy atom. The van der Waals surface area contributed by atoms with Crippen LogP contribution in [0, 0.1) is 11.3 Å². The number of aromatic nitrogens is 2. The molecule has 11 heteroatoms. The van der Waals surface area contributed by atoms with Gasteiger partial charge in [-0.05, 0) is 58.4 Å². The minimum atomic E-state index is -0.659. The summed E-state index contributed by atoms with van der Waals surface area (Å²) in [4.78, 5) is 38.7. The van der Waals surface area contributed by atoms with Crippen molar-refractivity contribution in [2.45, 2.75) is 52.2 Å². The number of nitrogens with one attached hydrogen (secondary N) is 2. The van der Waals surface area contributed by atoms with Gasteiger partial charge in [0.2, 0.25) is 0 Å². The van der Waals surface area contributed by atoms with E-state index < -0.39 is 17.7 Å². The van der Waals surface area contributed by atoms with E-state index in [1.807, 2.05) is 39.8 Å². The van der Waals surface area contributed by atoms with Gasteiger partial charge in [0.15, 0.2) is 5.82 Å². The number of carbonyl (C=O) groups excluding carboxylic acids is 2. The minimum absolute atomic E-state index is 0.0840. The van der Waals surface area contributed by atoms with Crippen molar-refractivity contribution in [3.63, 3.8) is 0 Å². The SMILES string of the molecule is CCNC(=O)Nc1ccc(-c2nc3c(c(N4CCOCC4)n2)CCN(C(=O)OC(C)(C)C)C3CC#N)cc1. The number of carbonyl (C=O) groups is 2. The highest BCUT2D eigenvalue weighted by atomic mass is 16.6. The van der Waals surface area contributed by atoms with Gasteiger partial charge in [0, 0.05) is 43.0 Å². The molecule has 3 heterocycles. The van der Waals surface area contributed by atoms with E-state index in [0.717, 1.165) is 16.9 Å². The highest BCUT2D eigenvalue weighted by molar-refractivity contribution is 5.89. The number of nitriles is 1. The number of anilines is 2. The maximum atomic E-state index is 13.1. The lowest BCUT2D eigenvalue weighted by atomic mass is 9.95. The maximum absolute atomic E-state index is 13.1. The van der Waals surface area contributed by atoms with Gasteiger partial charge in [0.05, 0.1) is 37.4 Å². The van der Waals surface area contributed by atoms with Crippen LogP contribution in [0.25, 0.3) is 11.4 Å². The van der Waals surface area contributed by atoms with E-state index in [9.17, 15) is 14.9 Å². The van der Waals surface area contributed by atoms with Crippen LogP contribution < -0.4 is 15.5 Å². The van der Waals surface area contributed by atoms with Crippen LogP contribution in [0.2, 0.25) is 0 Å². The minimum Gasteiger partial charge on any atom is -0.444 e. The third-order valence-corrected chi connectivity index (χ3v) is 6.27. The summed E-state index contributed by atoms with van der Waals surface area (Å²) in [6.45, 7) is 10.8. The zero-order valence-corrected chi connectivity index (χ0v) is 22.4. The maximum Gasteiger partial charge on any atom is 0.410 e. The monoisotopic (exact) mass is 521 g/mol. The van der Waals surface area contributed by atoms with Crippen LogP contribution >= 0.6 is 0 Å². The molecular formula is C27H35N7O4. The Hall–Kier alpha value is -3.91. The van der Waals surface area contributed by atoms with Gasteiger partial charge in [-0.2, -0.15) is 5.26 Å². The number of rotatable bonds is 5. The standard InChI is InChI=1S/C27H35N7O4/c1-5-29-25(35)30-19-8-6-18(7-9-19)23-31-22-20(24(32-23)33-14-16-37-17-15-33)11-13-34(21(22)10-12-28)26(36)38-27(2,3)4/h6-9,21H,5,10-11,13-17H2,1-4H3,(H2,29,30,35). The number of morpholine rings is 1. The number of amides is 3. The van der Waals surface area contributed by atoms with Crippen molar-refractivity contribution < 1.29 is 19.1 Å². The number of benzene rings is 1. The molecule has 1 aromatic heterocycles. The molecule has 4 rings (SSSR count). The van der Waals surface area contributed by atoms with E-state index in [1.54, 1.807) is 17.0 Å².